The van der Waals surface area contributed by atoms with Gasteiger partial charge in [0.2, 0.25) is 0 Å². The fourth-order valence-corrected chi connectivity index (χ4v) is 2.43. The lowest BCUT2D eigenvalue weighted by atomic mass is 10.1. The van der Waals surface area contributed by atoms with Crippen LogP contribution in [0.4, 0.5) is 5.69 Å². The van der Waals surface area contributed by atoms with E-state index in [9.17, 15) is 9.90 Å². The molecule has 3 aromatic carbocycles. The minimum atomic E-state index is -0.205. The molecular weight excluding hydrogens is 314 g/mol. The second kappa shape index (κ2) is 7.53. The number of amides is 1. The Morgan fingerprint density at radius 2 is 1.72 bits per heavy atom. The van der Waals surface area contributed by atoms with Crippen LogP contribution in [0.1, 0.15) is 21.5 Å². The summed E-state index contributed by atoms with van der Waals surface area (Å²) >= 11 is 0. The van der Waals surface area contributed by atoms with Gasteiger partial charge >= 0.3 is 0 Å². The number of anilines is 1. The van der Waals surface area contributed by atoms with E-state index in [1.165, 1.54) is 0 Å². The number of aryl methyl sites for hydroxylation is 1. The summed E-state index contributed by atoms with van der Waals surface area (Å²) in [7, 11) is 0. The standard InChI is InChI=1S/C21H19NO3/c1-15-13-18(23)9-12-20(15)22-21(24)17-7-10-19(11-8-17)25-14-16-5-3-2-4-6-16/h2-13,23H,14H2,1H3,(H,22,24). The summed E-state index contributed by atoms with van der Waals surface area (Å²) in [5.74, 6) is 0.681. The maximum Gasteiger partial charge on any atom is 0.255 e. The normalized spacial score (nSPS) is 10.3. The molecular formula is C21H19NO3. The second-order valence-electron chi connectivity index (χ2n) is 5.75. The highest BCUT2D eigenvalue weighted by Crippen LogP contribution is 2.21. The van der Waals surface area contributed by atoms with Gasteiger partial charge in [0.25, 0.3) is 5.91 Å². The first kappa shape index (κ1) is 16.6. The van der Waals surface area contributed by atoms with E-state index in [1.54, 1.807) is 42.5 Å². The van der Waals surface area contributed by atoms with Gasteiger partial charge in [0.1, 0.15) is 18.1 Å². The lowest BCUT2D eigenvalue weighted by Crippen LogP contribution is -2.12. The first-order valence-corrected chi connectivity index (χ1v) is 7.99. The third-order valence-corrected chi connectivity index (χ3v) is 3.82. The van der Waals surface area contributed by atoms with Gasteiger partial charge in [-0.25, -0.2) is 0 Å². The van der Waals surface area contributed by atoms with E-state index in [0.29, 0.717) is 23.6 Å². The Kier molecular flexibility index (Phi) is 5.00. The largest absolute Gasteiger partial charge is 0.508 e. The van der Waals surface area contributed by atoms with Gasteiger partial charge in [0.15, 0.2) is 0 Å². The van der Waals surface area contributed by atoms with E-state index in [2.05, 4.69) is 5.32 Å². The summed E-state index contributed by atoms with van der Waals surface area (Å²) in [5, 5.41) is 12.3. The molecule has 3 aromatic rings. The zero-order valence-electron chi connectivity index (χ0n) is 13.9. The van der Waals surface area contributed by atoms with Crippen molar-refractivity contribution in [3.05, 3.63) is 89.5 Å². The van der Waals surface area contributed by atoms with Crippen LogP contribution in [0.25, 0.3) is 0 Å². The SMILES string of the molecule is Cc1cc(O)ccc1NC(=O)c1ccc(OCc2ccccc2)cc1. The number of phenols is 1. The summed E-state index contributed by atoms with van der Waals surface area (Å²) in [6, 6.07) is 21.8. The van der Waals surface area contributed by atoms with Crippen LogP contribution in [-0.4, -0.2) is 11.0 Å². The fraction of sp³-hybridized carbons (Fsp3) is 0.0952. The van der Waals surface area contributed by atoms with Crippen molar-refractivity contribution in [1.82, 2.24) is 0 Å². The molecule has 0 fully saturated rings. The zero-order valence-corrected chi connectivity index (χ0v) is 13.9. The number of aromatic hydroxyl groups is 1. The van der Waals surface area contributed by atoms with Crippen molar-refractivity contribution in [2.45, 2.75) is 13.5 Å². The van der Waals surface area contributed by atoms with Crippen molar-refractivity contribution >= 4 is 11.6 Å². The molecule has 0 aromatic heterocycles. The maximum atomic E-state index is 12.3. The maximum absolute atomic E-state index is 12.3. The van der Waals surface area contributed by atoms with Crippen molar-refractivity contribution in [2.75, 3.05) is 5.32 Å². The molecule has 0 aliphatic heterocycles. The van der Waals surface area contributed by atoms with E-state index in [4.69, 9.17) is 4.74 Å². The van der Waals surface area contributed by atoms with Crippen LogP contribution < -0.4 is 10.1 Å². The van der Waals surface area contributed by atoms with Crippen LogP contribution in [0.15, 0.2) is 72.8 Å². The van der Waals surface area contributed by atoms with Crippen LogP contribution in [0.2, 0.25) is 0 Å². The summed E-state index contributed by atoms with van der Waals surface area (Å²) in [5.41, 5.74) is 3.11. The van der Waals surface area contributed by atoms with Gasteiger partial charge in [0.05, 0.1) is 0 Å². The molecule has 0 atom stereocenters. The predicted octanol–water partition coefficient (Wildman–Crippen LogP) is 4.53. The van der Waals surface area contributed by atoms with Crippen LogP contribution in [0.5, 0.6) is 11.5 Å². The molecule has 3 rings (SSSR count). The Bertz CT molecular complexity index is 858. The molecule has 0 spiro atoms. The number of ether oxygens (including phenoxy) is 1. The number of benzene rings is 3. The highest BCUT2D eigenvalue weighted by atomic mass is 16.5. The molecule has 0 radical (unpaired) electrons. The summed E-state index contributed by atoms with van der Waals surface area (Å²) in [6.07, 6.45) is 0. The highest BCUT2D eigenvalue weighted by molar-refractivity contribution is 6.04. The monoisotopic (exact) mass is 333 g/mol. The Labute approximate surface area is 146 Å². The molecule has 126 valence electrons. The van der Waals surface area contributed by atoms with Gasteiger partial charge in [0, 0.05) is 11.3 Å². The average Bonchev–Trinajstić information content (AvgIpc) is 2.63. The van der Waals surface area contributed by atoms with Gasteiger partial charge in [-0.3, -0.25) is 4.79 Å². The van der Waals surface area contributed by atoms with Crippen molar-refractivity contribution in [2.24, 2.45) is 0 Å². The Morgan fingerprint density at radius 1 is 1.00 bits per heavy atom. The van der Waals surface area contributed by atoms with E-state index < -0.39 is 0 Å². The van der Waals surface area contributed by atoms with Gasteiger partial charge in [-0.15, -0.1) is 0 Å². The zero-order chi connectivity index (χ0) is 17.6. The molecule has 4 heteroatoms. The average molecular weight is 333 g/mol. The summed E-state index contributed by atoms with van der Waals surface area (Å²) < 4.78 is 5.72. The number of nitrogens with one attached hydrogen (secondary N) is 1. The van der Waals surface area contributed by atoms with Gasteiger partial charge in [-0.2, -0.15) is 0 Å². The topological polar surface area (TPSA) is 58.6 Å². The molecule has 1 amide bonds. The van der Waals surface area contributed by atoms with Crippen LogP contribution in [0.3, 0.4) is 0 Å². The minimum absolute atomic E-state index is 0.176. The molecule has 0 saturated carbocycles. The van der Waals surface area contributed by atoms with Gasteiger partial charge in [-0.1, -0.05) is 30.3 Å². The summed E-state index contributed by atoms with van der Waals surface area (Å²) in [4.78, 5) is 12.3. The second-order valence-corrected chi connectivity index (χ2v) is 5.75. The summed E-state index contributed by atoms with van der Waals surface area (Å²) in [6.45, 7) is 2.31. The van der Waals surface area contributed by atoms with E-state index in [1.807, 2.05) is 37.3 Å². The van der Waals surface area contributed by atoms with E-state index in [0.717, 1.165) is 11.1 Å². The molecule has 0 unspecified atom stereocenters. The third-order valence-electron chi connectivity index (χ3n) is 3.82. The molecule has 0 saturated heterocycles. The number of hydrogen-bond donors (Lipinski definition) is 2. The van der Waals surface area contributed by atoms with Crippen molar-refractivity contribution in [1.29, 1.82) is 0 Å². The van der Waals surface area contributed by atoms with E-state index >= 15 is 0 Å². The predicted molar refractivity (Wildman–Crippen MR) is 98.0 cm³/mol. The number of phenolic OH excluding ortho intramolecular Hbond substituents is 1. The molecule has 25 heavy (non-hydrogen) atoms. The number of hydrogen-bond acceptors (Lipinski definition) is 3. The Hall–Kier alpha value is -3.27. The quantitative estimate of drug-likeness (QED) is 0.674. The minimum Gasteiger partial charge on any atom is -0.508 e. The van der Waals surface area contributed by atoms with Crippen molar-refractivity contribution in [3.63, 3.8) is 0 Å². The Morgan fingerprint density at radius 3 is 2.40 bits per heavy atom. The molecule has 0 aliphatic carbocycles. The van der Waals surface area contributed by atoms with Crippen LogP contribution in [0, 0.1) is 6.92 Å². The van der Waals surface area contributed by atoms with E-state index in [-0.39, 0.29) is 11.7 Å². The molecule has 0 aliphatic rings. The highest BCUT2D eigenvalue weighted by Gasteiger charge is 2.08. The molecule has 0 heterocycles. The lowest BCUT2D eigenvalue weighted by molar-refractivity contribution is 0.102. The number of rotatable bonds is 5. The van der Waals surface area contributed by atoms with Crippen molar-refractivity contribution < 1.29 is 14.6 Å². The third kappa shape index (κ3) is 4.38. The number of carbonyl (C=O) groups is 1. The smallest absolute Gasteiger partial charge is 0.255 e. The molecule has 0 bridgehead atoms. The lowest BCUT2D eigenvalue weighted by Gasteiger charge is -2.10. The van der Waals surface area contributed by atoms with Crippen LogP contribution in [-0.2, 0) is 6.61 Å². The van der Waals surface area contributed by atoms with Crippen LogP contribution >= 0.6 is 0 Å². The number of carbonyl (C=O) groups excluding carboxylic acids is 1. The fourth-order valence-electron chi connectivity index (χ4n) is 2.43. The molecule has 4 nitrogen and oxygen atoms in total. The Balaban J connectivity index is 1.62. The van der Waals surface area contributed by atoms with Gasteiger partial charge in [-0.05, 0) is 60.5 Å². The first-order chi connectivity index (χ1) is 12.1. The van der Waals surface area contributed by atoms with Crippen molar-refractivity contribution in [3.8, 4) is 11.5 Å². The molecule has 2 N–H and O–H groups in total. The van der Waals surface area contributed by atoms with Gasteiger partial charge < -0.3 is 15.2 Å². The first-order valence-electron chi connectivity index (χ1n) is 7.99.